The summed E-state index contributed by atoms with van der Waals surface area (Å²) in [6.07, 6.45) is 0.867. The number of nitrogen functional groups attached to an aromatic ring is 2. The number of anilines is 3. The number of nitrogens with zero attached hydrogens (tertiary/aromatic N) is 5. The fourth-order valence-electron chi connectivity index (χ4n) is 3.27. The zero-order valence-corrected chi connectivity index (χ0v) is 18.5. The molecule has 0 unspecified atom stereocenters. The third kappa shape index (κ3) is 6.48. The Kier molecular flexibility index (Phi) is 7.88. The lowest BCUT2D eigenvalue weighted by molar-refractivity contribution is -0.140. The van der Waals surface area contributed by atoms with Gasteiger partial charge in [0.25, 0.3) is 5.91 Å². The van der Waals surface area contributed by atoms with Crippen LogP contribution in [0, 0.1) is 0 Å². The Morgan fingerprint density at radius 3 is 2.40 bits per heavy atom. The molecule has 0 saturated heterocycles. The van der Waals surface area contributed by atoms with E-state index in [1.165, 1.54) is 18.3 Å². The summed E-state index contributed by atoms with van der Waals surface area (Å²) in [5.41, 5.74) is 13.4. The van der Waals surface area contributed by atoms with Crippen molar-refractivity contribution < 1.29 is 29.7 Å². The molecular formula is C21H24N8O6. The van der Waals surface area contributed by atoms with Crippen molar-refractivity contribution in [2.45, 2.75) is 25.4 Å². The summed E-state index contributed by atoms with van der Waals surface area (Å²) in [5, 5.41) is 29.8. The lowest BCUT2D eigenvalue weighted by Crippen LogP contribution is -2.41. The molecule has 1 amide bonds. The maximum Gasteiger partial charge on any atom is 0.326 e. The van der Waals surface area contributed by atoms with Crippen molar-refractivity contribution in [3.8, 4) is 0 Å². The SMILES string of the molecule is Nc1nc(N)c2nc(CN(CCO)c3ccc(C(=O)N[C@H](CCC(=O)O)C(=O)O)cc3)cnc2n1. The number of nitrogens with two attached hydrogens (primary N) is 2. The summed E-state index contributed by atoms with van der Waals surface area (Å²) in [4.78, 5) is 52.8. The fourth-order valence-corrected chi connectivity index (χ4v) is 3.27. The predicted molar refractivity (Wildman–Crippen MR) is 124 cm³/mol. The van der Waals surface area contributed by atoms with Gasteiger partial charge in [0, 0.05) is 24.2 Å². The average molecular weight is 484 g/mol. The first-order valence-electron chi connectivity index (χ1n) is 10.4. The molecule has 3 aromatic rings. The summed E-state index contributed by atoms with van der Waals surface area (Å²) in [5.74, 6) is -3.06. The third-order valence-electron chi connectivity index (χ3n) is 4.97. The Morgan fingerprint density at radius 1 is 1.06 bits per heavy atom. The fraction of sp³-hybridized carbons (Fsp3) is 0.286. The van der Waals surface area contributed by atoms with Gasteiger partial charge in [-0.2, -0.15) is 9.97 Å². The average Bonchev–Trinajstić information content (AvgIpc) is 2.81. The summed E-state index contributed by atoms with van der Waals surface area (Å²) in [6.45, 7) is 0.333. The van der Waals surface area contributed by atoms with Crippen molar-refractivity contribution in [2.24, 2.45) is 0 Å². The van der Waals surface area contributed by atoms with Gasteiger partial charge in [0.15, 0.2) is 17.0 Å². The highest BCUT2D eigenvalue weighted by molar-refractivity contribution is 5.97. The lowest BCUT2D eigenvalue weighted by Gasteiger charge is -2.24. The monoisotopic (exact) mass is 484 g/mol. The minimum absolute atomic E-state index is 0.0142. The summed E-state index contributed by atoms with van der Waals surface area (Å²) in [6, 6.07) is 4.91. The number of rotatable bonds is 11. The number of fused-ring (bicyclic) bond motifs is 1. The Hall–Kier alpha value is -4.59. The predicted octanol–water partition coefficient (Wildman–Crippen LogP) is -0.369. The molecular weight excluding hydrogens is 460 g/mol. The van der Waals surface area contributed by atoms with Crippen molar-refractivity contribution in [2.75, 3.05) is 29.5 Å². The van der Waals surface area contributed by atoms with Crippen LogP contribution < -0.4 is 21.7 Å². The first-order chi connectivity index (χ1) is 16.7. The second-order valence-electron chi connectivity index (χ2n) is 7.49. The van der Waals surface area contributed by atoms with E-state index in [2.05, 4.69) is 25.3 Å². The Balaban J connectivity index is 1.75. The molecule has 1 atom stereocenters. The van der Waals surface area contributed by atoms with Gasteiger partial charge >= 0.3 is 11.9 Å². The number of amides is 1. The van der Waals surface area contributed by atoms with Gasteiger partial charge in [-0.05, 0) is 30.7 Å². The minimum atomic E-state index is -1.33. The molecule has 0 saturated carbocycles. The number of hydrogen-bond acceptors (Lipinski definition) is 11. The minimum Gasteiger partial charge on any atom is -0.481 e. The molecule has 0 aliphatic carbocycles. The van der Waals surface area contributed by atoms with Gasteiger partial charge < -0.3 is 37.0 Å². The number of nitrogens with one attached hydrogen (secondary N) is 1. The molecule has 2 aromatic heterocycles. The van der Waals surface area contributed by atoms with E-state index < -0.39 is 30.3 Å². The summed E-state index contributed by atoms with van der Waals surface area (Å²) >= 11 is 0. The van der Waals surface area contributed by atoms with Crippen LogP contribution >= 0.6 is 0 Å². The molecule has 2 heterocycles. The van der Waals surface area contributed by atoms with Crippen LogP contribution in [0.3, 0.4) is 0 Å². The highest BCUT2D eigenvalue weighted by Gasteiger charge is 2.22. The highest BCUT2D eigenvalue weighted by Crippen LogP contribution is 2.20. The lowest BCUT2D eigenvalue weighted by atomic mass is 10.1. The number of aliphatic hydroxyl groups is 1. The van der Waals surface area contributed by atoms with Gasteiger partial charge in [-0.15, -0.1) is 0 Å². The zero-order valence-electron chi connectivity index (χ0n) is 18.5. The van der Waals surface area contributed by atoms with Crippen molar-refractivity contribution in [3.63, 3.8) is 0 Å². The van der Waals surface area contributed by atoms with Gasteiger partial charge in [0.2, 0.25) is 5.95 Å². The number of aliphatic carboxylic acids is 2. The molecule has 8 N–H and O–H groups in total. The van der Waals surface area contributed by atoms with Crippen LogP contribution in [0.1, 0.15) is 28.9 Å². The smallest absolute Gasteiger partial charge is 0.326 e. The van der Waals surface area contributed by atoms with Crippen LogP contribution in [0.25, 0.3) is 11.2 Å². The van der Waals surface area contributed by atoms with Gasteiger partial charge in [-0.1, -0.05) is 0 Å². The number of hydrogen-bond donors (Lipinski definition) is 6. The van der Waals surface area contributed by atoms with Gasteiger partial charge in [0.05, 0.1) is 25.0 Å². The molecule has 1 aromatic carbocycles. The maximum absolute atomic E-state index is 12.5. The van der Waals surface area contributed by atoms with Crippen LogP contribution in [0.5, 0.6) is 0 Å². The van der Waals surface area contributed by atoms with E-state index in [1.54, 1.807) is 17.0 Å². The number of carboxylic acid groups (broad SMARTS) is 2. The number of aromatic nitrogens is 4. The number of benzene rings is 1. The normalized spacial score (nSPS) is 11.7. The molecule has 14 nitrogen and oxygen atoms in total. The molecule has 0 radical (unpaired) electrons. The number of carbonyl (C=O) groups excluding carboxylic acids is 1. The van der Waals surface area contributed by atoms with Gasteiger partial charge in [-0.25, -0.2) is 14.8 Å². The quantitative estimate of drug-likeness (QED) is 0.204. The molecule has 3 rings (SSSR count). The first kappa shape index (κ1) is 25.0. The molecule has 0 spiro atoms. The molecule has 14 heteroatoms. The van der Waals surface area contributed by atoms with Crippen LogP contribution in [0.15, 0.2) is 30.5 Å². The molecule has 184 valence electrons. The van der Waals surface area contributed by atoms with E-state index >= 15 is 0 Å². The maximum atomic E-state index is 12.5. The van der Waals surface area contributed by atoms with Gasteiger partial charge in [-0.3, -0.25) is 9.59 Å². The van der Waals surface area contributed by atoms with E-state index in [-0.39, 0.29) is 49.1 Å². The van der Waals surface area contributed by atoms with Crippen LogP contribution in [-0.4, -0.2) is 72.3 Å². The van der Waals surface area contributed by atoms with Gasteiger partial charge in [0.1, 0.15) is 6.04 Å². The standard InChI is InChI=1S/C21H24N8O6/c22-17-16-18(28-21(23)27-17)24-9-12(25-16)10-29(7-8-30)13-3-1-11(2-4-13)19(33)26-14(20(34)35)5-6-15(31)32/h1-4,9,14,30H,5-8,10H2,(H,26,33)(H,31,32)(H,34,35)(H4,22,23,24,27,28)/t14-/m1/s1. The Morgan fingerprint density at radius 2 is 1.77 bits per heavy atom. The van der Waals surface area contributed by atoms with E-state index in [0.717, 1.165) is 0 Å². The van der Waals surface area contributed by atoms with Crippen LogP contribution in [0.4, 0.5) is 17.5 Å². The van der Waals surface area contributed by atoms with Crippen molar-refractivity contribution >= 4 is 46.5 Å². The summed E-state index contributed by atoms with van der Waals surface area (Å²) < 4.78 is 0. The largest absolute Gasteiger partial charge is 0.481 e. The molecule has 0 aliphatic heterocycles. The van der Waals surface area contributed by atoms with Crippen LogP contribution in [-0.2, 0) is 16.1 Å². The summed E-state index contributed by atoms with van der Waals surface area (Å²) in [7, 11) is 0. The van der Waals surface area contributed by atoms with E-state index in [1.807, 2.05) is 0 Å². The number of carboxylic acids is 2. The van der Waals surface area contributed by atoms with E-state index in [9.17, 15) is 24.6 Å². The second kappa shape index (κ2) is 11.0. The second-order valence-corrected chi connectivity index (χ2v) is 7.49. The Labute approximate surface area is 198 Å². The molecule has 35 heavy (non-hydrogen) atoms. The molecule has 0 aliphatic rings. The topological polar surface area (TPSA) is 231 Å². The van der Waals surface area contributed by atoms with E-state index in [4.69, 9.17) is 16.6 Å². The number of carbonyl (C=O) groups is 3. The van der Waals surface area contributed by atoms with Crippen LogP contribution in [0.2, 0.25) is 0 Å². The number of aliphatic hydroxyl groups excluding tert-OH is 1. The molecule has 0 fully saturated rings. The van der Waals surface area contributed by atoms with Crippen molar-refractivity contribution in [3.05, 3.63) is 41.7 Å². The Bertz CT molecular complexity index is 1240. The zero-order chi connectivity index (χ0) is 25.5. The van der Waals surface area contributed by atoms with Crippen molar-refractivity contribution in [1.82, 2.24) is 25.3 Å². The third-order valence-corrected chi connectivity index (χ3v) is 4.97. The molecule has 0 bridgehead atoms. The highest BCUT2D eigenvalue weighted by atomic mass is 16.4. The van der Waals surface area contributed by atoms with Crippen molar-refractivity contribution in [1.29, 1.82) is 0 Å². The van der Waals surface area contributed by atoms with E-state index in [0.29, 0.717) is 16.9 Å². The first-order valence-corrected chi connectivity index (χ1v) is 10.4.